The predicted molar refractivity (Wildman–Crippen MR) is 138 cm³/mol. The summed E-state index contributed by atoms with van der Waals surface area (Å²) in [7, 11) is 0. The molecule has 0 bridgehead atoms. The van der Waals surface area contributed by atoms with Gasteiger partial charge in [-0.15, -0.1) is 0 Å². The van der Waals surface area contributed by atoms with Crippen LogP contribution in [0.3, 0.4) is 0 Å². The van der Waals surface area contributed by atoms with Gasteiger partial charge in [-0.25, -0.2) is 4.79 Å². The topological polar surface area (TPSA) is 93.6 Å². The quantitative estimate of drug-likeness (QED) is 0.208. The van der Waals surface area contributed by atoms with Crippen molar-refractivity contribution in [3.8, 4) is 0 Å². The highest BCUT2D eigenvalue weighted by Gasteiger charge is 2.16. The number of nitrogens with zero attached hydrogens (tertiary/aromatic N) is 1. The lowest BCUT2D eigenvalue weighted by Gasteiger charge is -2.23. The first-order valence-corrected chi connectivity index (χ1v) is 11.1. The molecule has 0 heterocycles. The maximum atomic E-state index is 12.8. The van der Waals surface area contributed by atoms with E-state index in [-0.39, 0.29) is 11.9 Å². The highest BCUT2D eigenvalue weighted by molar-refractivity contribution is 5.77. The highest BCUT2D eigenvalue weighted by Crippen LogP contribution is 2.20. The first-order chi connectivity index (χ1) is 15.7. The summed E-state index contributed by atoms with van der Waals surface area (Å²) in [6.07, 6.45) is 7.79. The smallest absolute Gasteiger partial charge is 0.324 e. The zero-order chi connectivity index (χ0) is 24.8. The van der Waals surface area contributed by atoms with Crippen LogP contribution in [0.1, 0.15) is 45.6 Å². The number of carbonyl (C=O) groups excluding carboxylic acids is 1. The zero-order valence-electron chi connectivity index (χ0n) is 20.2. The first kappa shape index (κ1) is 27.5. The molecule has 6 nitrogen and oxygen atoms in total. The molecule has 0 aromatic heterocycles. The van der Waals surface area contributed by atoms with Crippen molar-refractivity contribution in [2.75, 3.05) is 13.1 Å². The minimum Gasteiger partial charge on any atom is -0.402 e. The molecule has 2 amide bonds. The molecule has 0 spiro atoms. The van der Waals surface area contributed by atoms with Gasteiger partial charge in [0.1, 0.15) is 0 Å². The molecule has 0 atom stereocenters. The molecule has 6 heteroatoms. The van der Waals surface area contributed by atoms with Gasteiger partial charge in [-0.1, -0.05) is 68.6 Å². The maximum absolute atomic E-state index is 12.8. The standard InChI is InChI=1S/C27H38N4O2/c1-7-16-31(27(32)30-26(33-29)22(6)20(3)4)17-12-15-25(28)19-24(18-21(5)8-2)23-13-10-9-11-14-23/h8-11,13-14,18-19H,2-3,5,7,12,15-17,28-29H2,1,4,6H3,(H,30,32)/b24-18+,25-19-,26-22-. The number of nitrogens with one attached hydrogen (secondary N) is 1. The van der Waals surface area contributed by atoms with E-state index in [9.17, 15) is 4.79 Å². The van der Waals surface area contributed by atoms with E-state index in [1.54, 1.807) is 17.9 Å². The van der Waals surface area contributed by atoms with Crippen molar-refractivity contribution in [3.05, 3.63) is 102 Å². The molecule has 1 rings (SSSR count). The molecule has 1 aromatic rings. The van der Waals surface area contributed by atoms with Gasteiger partial charge in [0, 0.05) is 24.4 Å². The Morgan fingerprint density at radius 3 is 2.36 bits per heavy atom. The average molecular weight is 451 g/mol. The molecule has 0 saturated carbocycles. The number of nitrogens with two attached hydrogens (primary N) is 2. The monoisotopic (exact) mass is 450 g/mol. The van der Waals surface area contributed by atoms with Crippen LogP contribution in [0.2, 0.25) is 0 Å². The van der Waals surface area contributed by atoms with E-state index in [1.165, 1.54) is 0 Å². The van der Waals surface area contributed by atoms with Gasteiger partial charge in [0.2, 0.25) is 5.88 Å². The Morgan fingerprint density at radius 1 is 1.15 bits per heavy atom. The summed E-state index contributed by atoms with van der Waals surface area (Å²) in [5.41, 5.74) is 11.3. The molecule has 5 N–H and O–H groups in total. The third kappa shape index (κ3) is 9.66. The second-order valence-electron chi connectivity index (χ2n) is 7.84. The second kappa shape index (κ2) is 14.5. The van der Waals surface area contributed by atoms with Gasteiger partial charge in [-0.3, -0.25) is 5.32 Å². The lowest BCUT2D eigenvalue weighted by Crippen LogP contribution is -2.41. The summed E-state index contributed by atoms with van der Waals surface area (Å²) < 4.78 is 0. The Hall–Kier alpha value is -3.51. The summed E-state index contributed by atoms with van der Waals surface area (Å²) in [6.45, 7) is 18.4. The molecule has 1 aromatic carbocycles. The lowest BCUT2D eigenvalue weighted by atomic mass is 10.0. The van der Waals surface area contributed by atoms with Crippen LogP contribution in [0.4, 0.5) is 4.79 Å². The van der Waals surface area contributed by atoms with Gasteiger partial charge in [0.15, 0.2) is 0 Å². The lowest BCUT2D eigenvalue weighted by molar-refractivity contribution is 0.168. The summed E-state index contributed by atoms with van der Waals surface area (Å²) in [6, 6.07) is 9.71. The molecule has 33 heavy (non-hydrogen) atoms. The summed E-state index contributed by atoms with van der Waals surface area (Å²) in [5.74, 6) is 5.54. The SMILES string of the molecule is C=CC(=C)/C=C(\C=C(/N)CCCN(CCC)C(=O)N/C(ON)=C(\C)C(=C)C)c1ccccc1. The fraction of sp³-hybridized carbons (Fsp3) is 0.296. The molecule has 0 aliphatic rings. The number of carbonyl (C=O) groups is 1. The summed E-state index contributed by atoms with van der Waals surface area (Å²) in [5, 5.41) is 2.74. The van der Waals surface area contributed by atoms with Crippen LogP contribution in [0, 0.1) is 0 Å². The average Bonchev–Trinajstić information content (AvgIpc) is 2.81. The van der Waals surface area contributed by atoms with Crippen LogP contribution in [0.15, 0.2) is 96.6 Å². The van der Waals surface area contributed by atoms with Gasteiger partial charge in [-0.05, 0) is 62.0 Å². The number of benzene rings is 1. The van der Waals surface area contributed by atoms with Crippen LogP contribution < -0.4 is 16.9 Å². The molecule has 0 aliphatic carbocycles. The first-order valence-electron chi connectivity index (χ1n) is 11.1. The molecule has 0 saturated heterocycles. The highest BCUT2D eigenvalue weighted by atomic mass is 16.6. The van der Waals surface area contributed by atoms with Crippen molar-refractivity contribution in [2.24, 2.45) is 11.6 Å². The molecular weight excluding hydrogens is 412 g/mol. The Labute approximate surface area is 198 Å². The van der Waals surface area contributed by atoms with E-state index in [1.807, 2.05) is 56.3 Å². The molecular formula is C27H38N4O2. The molecule has 0 aliphatic heterocycles. The van der Waals surface area contributed by atoms with E-state index in [2.05, 4.69) is 25.1 Å². The van der Waals surface area contributed by atoms with E-state index < -0.39 is 0 Å². The van der Waals surface area contributed by atoms with Crippen LogP contribution in [0.25, 0.3) is 5.57 Å². The van der Waals surface area contributed by atoms with E-state index in [4.69, 9.17) is 16.5 Å². The van der Waals surface area contributed by atoms with Gasteiger partial charge < -0.3 is 15.5 Å². The van der Waals surface area contributed by atoms with Crippen molar-refractivity contribution in [1.82, 2.24) is 10.2 Å². The van der Waals surface area contributed by atoms with E-state index >= 15 is 0 Å². The minimum absolute atomic E-state index is 0.202. The van der Waals surface area contributed by atoms with Crippen molar-refractivity contribution >= 4 is 11.6 Å². The summed E-state index contributed by atoms with van der Waals surface area (Å²) in [4.78, 5) is 19.3. The van der Waals surface area contributed by atoms with Crippen LogP contribution in [-0.4, -0.2) is 24.0 Å². The van der Waals surface area contributed by atoms with Crippen molar-refractivity contribution < 1.29 is 9.63 Å². The van der Waals surface area contributed by atoms with Gasteiger partial charge >= 0.3 is 6.03 Å². The van der Waals surface area contributed by atoms with E-state index in [0.29, 0.717) is 31.5 Å². The van der Waals surface area contributed by atoms with Crippen molar-refractivity contribution in [3.63, 3.8) is 0 Å². The van der Waals surface area contributed by atoms with Crippen LogP contribution in [0.5, 0.6) is 0 Å². The van der Waals surface area contributed by atoms with Gasteiger partial charge in [0.05, 0.1) is 0 Å². The molecule has 178 valence electrons. The summed E-state index contributed by atoms with van der Waals surface area (Å²) >= 11 is 0. The third-order valence-corrected chi connectivity index (χ3v) is 5.04. The fourth-order valence-corrected chi connectivity index (χ4v) is 3.01. The van der Waals surface area contributed by atoms with Gasteiger partial charge in [-0.2, -0.15) is 5.90 Å². The zero-order valence-corrected chi connectivity index (χ0v) is 20.2. The number of rotatable bonds is 13. The predicted octanol–water partition coefficient (Wildman–Crippen LogP) is 5.55. The Balaban J connectivity index is 2.88. The number of allylic oxidation sites excluding steroid dienone is 8. The fourth-order valence-electron chi connectivity index (χ4n) is 3.01. The maximum Gasteiger partial charge on any atom is 0.324 e. The largest absolute Gasteiger partial charge is 0.402 e. The third-order valence-electron chi connectivity index (χ3n) is 5.04. The van der Waals surface area contributed by atoms with Crippen molar-refractivity contribution in [2.45, 2.75) is 40.0 Å². The number of amides is 2. The Bertz CT molecular complexity index is 927. The Morgan fingerprint density at radius 2 is 1.82 bits per heavy atom. The normalized spacial score (nSPS) is 12.5. The van der Waals surface area contributed by atoms with E-state index in [0.717, 1.165) is 34.4 Å². The second-order valence-corrected chi connectivity index (χ2v) is 7.84. The number of hydrogen-bond donors (Lipinski definition) is 3. The number of hydrogen-bond acceptors (Lipinski definition) is 4. The molecule has 0 fully saturated rings. The number of urea groups is 1. The minimum atomic E-state index is -0.271. The van der Waals surface area contributed by atoms with Crippen molar-refractivity contribution in [1.29, 1.82) is 0 Å². The molecule has 0 radical (unpaired) electrons. The Kier molecular flexibility index (Phi) is 12.1. The van der Waals surface area contributed by atoms with Gasteiger partial charge in [0.25, 0.3) is 0 Å². The van der Waals surface area contributed by atoms with Crippen LogP contribution in [-0.2, 0) is 4.84 Å². The molecule has 0 unspecified atom stereocenters. The van der Waals surface area contributed by atoms with Crippen LogP contribution >= 0.6 is 0 Å².